The van der Waals surface area contributed by atoms with E-state index in [-0.39, 0.29) is 5.78 Å². The van der Waals surface area contributed by atoms with Crippen molar-refractivity contribution in [2.24, 2.45) is 0 Å². The normalized spacial score (nSPS) is 10.9. The molecule has 0 aliphatic rings. The fourth-order valence-electron chi connectivity index (χ4n) is 1.63. The zero-order valence-corrected chi connectivity index (χ0v) is 12.2. The summed E-state index contributed by atoms with van der Waals surface area (Å²) in [4.78, 5) is 16.4. The van der Waals surface area contributed by atoms with Gasteiger partial charge in [-0.25, -0.2) is 4.98 Å². The van der Waals surface area contributed by atoms with Gasteiger partial charge in [-0.2, -0.15) is 10.2 Å². The number of hydrogen-bond donors (Lipinski definition) is 0. The maximum Gasteiger partial charge on any atom is 0.145 e. The van der Waals surface area contributed by atoms with Gasteiger partial charge in [-0.1, -0.05) is 13.8 Å². The van der Waals surface area contributed by atoms with Crippen LogP contribution < -0.4 is 0 Å². The molecule has 0 fully saturated rings. The quantitative estimate of drug-likeness (QED) is 0.842. The zero-order valence-electron chi connectivity index (χ0n) is 11.4. The lowest BCUT2D eigenvalue weighted by atomic mass is 10.1. The fraction of sp³-hybridized carbons (Fsp3) is 0.429. The van der Waals surface area contributed by atoms with Crippen LogP contribution in [0.3, 0.4) is 0 Å². The van der Waals surface area contributed by atoms with Crippen LogP contribution in [-0.4, -0.2) is 21.0 Å². The van der Waals surface area contributed by atoms with Crippen LogP contribution in [0.4, 0.5) is 0 Å². The van der Waals surface area contributed by atoms with E-state index < -0.39 is 0 Å². The molecule has 0 bridgehead atoms. The van der Waals surface area contributed by atoms with Crippen LogP contribution in [0.5, 0.6) is 0 Å². The van der Waals surface area contributed by atoms with Gasteiger partial charge < -0.3 is 0 Å². The molecule has 2 rings (SSSR count). The molecule has 0 atom stereocenters. The van der Waals surface area contributed by atoms with Crippen LogP contribution in [0.2, 0.25) is 0 Å². The third kappa shape index (κ3) is 3.92. The smallest absolute Gasteiger partial charge is 0.145 e. The van der Waals surface area contributed by atoms with Gasteiger partial charge in [-0.3, -0.25) is 4.79 Å². The Bertz CT molecular complexity index is 560. The molecule has 4 nitrogen and oxygen atoms in total. The van der Waals surface area contributed by atoms with Crippen molar-refractivity contribution in [3.05, 3.63) is 39.6 Å². The summed E-state index contributed by atoms with van der Waals surface area (Å²) in [5.74, 6) is 0.533. The number of rotatable bonds is 5. The van der Waals surface area contributed by atoms with E-state index in [0.29, 0.717) is 18.8 Å². The minimum Gasteiger partial charge on any atom is -0.299 e. The van der Waals surface area contributed by atoms with Crippen molar-refractivity contribution in [1.82, 2.24) is 15.2 Å². The Balaban J connectivity index is 1.95. The summed E-state index contributed by atoms with van der Waals surface area (Å²) in [6.45, 7) is 6.08. The molecule has 5 heteroatoms. The number of thiazole rings is 1. The van der Waals surface area contributed by atoms with Crippen LogP contribution in [-0.2, 0) is 17.6 Å². The molecule has 0 saturated carbocycles. The third-order valence-corrected chi connectivity index (χ3v) is 3.61. The number of aryl methyl sites for hydroxylation is 1. The van der Waals surface area contributed by atoms with Crippen LogP contribution >= 0.6 is 11.3 Å². The van der Waals surface area contributed by atoms with Gasteiger partial charge in [0.1, 0.15) is 10.8 Å². The number of Topliss-reactive ketones (excluding diaryl/α,β-unsaturated/α-hetero) is 1. The summed E-state index contributed by atoms with van der Waals surface area (Å²) in [6.07, 6.45) is 0.705. The van der Waals surface area contributed by atoms with Gasteiger partial charge in [0.25, 0.3) is 0 Å². The van der Waals surface area contributed by atoms with Crippen molar-refractivity contribution in [1.29, 1.82) is 0 Å². The highest BCUT2D eigenvalue weighted by atomic mass is 32.1. The van der Waals surface area contributed by atoms with E-state index in [0.717, 1.165) is 22.1 Å². The second-order valence-corrected chi connectivity index (χ2v) is 5.82. The number of hydrogen-bond acceptors (Lipinski definition) is 5. The summed E-state index contributed by atoms with van der Waals surface area (Å²) in [5, 5.41) is 10.9. The van der Waals surface area contributed by atoms with Gasteiger partial charge >= 0.3 is 0 Å². The Kier molecular flexibility index (Phi) is 4.37. The molecule has 0 radical (unpaired) electrons. The van der Waals surface area contributed by atoms with E-state index in [9.17, 15) is 4.79 Å². The number of carbonyl (C=O) groups is 1. The monoisotopic (exact) mass is 275 g/mol. The first-order valence-electron chi connectivity index (χ1n) is 6.30. The largest absolute Gasteiger partial charge is 0.299 e. The highest BCUT2D eigenvalue weighted by Gasteiger charge is 2.11. The summed E-state index contributed by atoms with van der Waals surface area (Å²) < 4.78 is 0. The highest BCUT2D eigenvalue weighted by molar-refractivity contribution is 7.09. The van der Waals surface area contributed by atoms with E-state index in [1.807, 2.05) is 24.4 Å². The van der Waals surface area contributed by atoms with Crippen molar-refractivity contribution < 1.29 is 4.79 Å². The van der Waals surface area contributed by atoms with Crippen LogP contribution in [0, 0.1) is 6.92 Å². The lowest BCUT2D eigenvalue weighted by Gasteiger charge is -1.99. The van der Waals surface area contributed by atoms with Gasteiger partial charge in [0.15, 0.2) is 0 Å². The van der Waals surface area contributed by atoms with E-state index in [2.05, 4.69) is 29.0 Å². The second kappa shape index (κ2) is 6.02. The van der Waals surface area contributed by atoms with Gasteiger partial charge in [-0.05, 0) is 25.0 Å². The first-order valence-corrected chi connectivity index (χ1v) is 7.17. The van der Waals surface area contributed by atoms with Crippen molar-refractivity contribution in [3.8, 4) is 0 Å². The Hall–Kier alpha value is -1.62. The van der Waals surface area contributed by atoms with Gasteiger partial charge in [-0.15, -0.1) is 11.3 Å². The van der Waals surface area contributed by atoms with E-state index >= 15 is 0 Å². The Morgan fingerprint density at radius 2 is 2.05 bits per heavy atom. The van der Waals surface area contributed by atoms with E-state index in [1.54, 1.807) is 11.3 Å². The number of carbonyl (C=O) groups excluding carboxylic acids is 1. The highest BCUT2D eigenvalue weighted by Crippen LogP contribution is 2.18. The average Bonchev–Trinajstić information content (AvgIpc) is 2.80. The molecule has 0 unspecified atom stereocenters. The predicted molar refractivity (Wildman–Crippen MR) is 75.4 cm³/mol. The molecule has 2 heterocycles. The van der Waals surface area contributed by atoms with Crippen molar-refractivity contribution >= 4 is 17.1 Å². The van der Waals surface area contributed by atoms with Crippen molar-refractivity contribution in [3.63, 3.8) is 0 Å². The van der Waals surface area contributed by atoms with Crippen molar-refractivity contribution in [2.45, 2.75) is 39.5 Å². The van der Waals surface area contributed by atoms with Crippen LogP contribution in [0.1, 0.15) is 41.9 Å². The van der Waals surface area contributed by atoms with E-state index in [4.69, 9.17) is 0 Å². The minimum absolute atomic E-state index is 0.128. The molecule has 2 aromatic rings. The van der Waals surface area contributed by atoms with Gasteiger partial charge in [0.2, 0.25) is 0 Å². The second-order valence-electron chi connectivity index (χ2n) is 4.88. The maximum atomic E-state index is 11.9. The maximum absolute atomic E-state index is 11.9. The molecule has 0 aromatic carbocycles. The summed E-state index contributed by atoms with van der Waals surface area (Å²) in [5.41, 5.74) is 2.64. The number of ketones is 1. The molecule has 2 aromatic heterocycles. The lowest BCUT2D eigenvalue weighted by molar-refractivity contribution is -0.117. The van der Waals surface area contributed by atoms with Crippen molar-refractivity contribution in [2.75, 3.05) is 0 Å². The Labute approximate surface area is 116 Å². The molecule has 0 aliphatic heterocycles. The first kappa shape index (κ1) is 13.8. The van der Waals surface area contributed by atoms with Crippen LogP contribution in [0.15, 0.2) is 17.5 Å². The first-order chi connectivity index (χ1) is 9.04. The van der Waals surface area contributed by atoms with E-state index in [1.165, 1.54) is 0 Å². The summed E-state index contributed by atoms with van der Waals surface area (Å²) in [7, 11) is 0. The summed E-state index contributed by atoms with van der Waals surface area (Å²) in [6, 6.07) is 3.72. The van der Waals surface area contributed by atoms with Gasteiger partial charge in [0.05, 0.1) is 29.9 Å². The molecule has 0 amide bonds. The zero-order chi connectivity index (χ0) is 13.8. The van der Waals surface area contributed by atoms with Crippen LogP contribution in [0.25, 0.3) is 0 Å². The summed E-state index contributed by atoms with van der Waals surface area (Å²) >= 11 is 1.55. The average molecular weight is 275 g/mol. The minimum atomic E-state index is 0.128. The molecule has 0 N–H and O–H groups in total. The SMILES string of the molecule is Cc1ccc(CC(=O)Cc2nc(C(C)C)cs2)nn1. The molecular weight excluding hydrogens is 258 g/mol. The Morgan fingerprint density at radius 3 is 2.63 bits per heavy atom. The Morgan fingerprint density at radius 1 is 1.26 bits per heavy atom. The molecule has 0 spiro atoms. The number of nitrogens with zero attached hydrogens (tertiary/aromatic N) is 3. The molecule has 0 aliphatic carbocycles. The lowest BCUT2D eigenvalue weighted by Crippen LogP contribution is -2.08. The molecule has 19 heavy (non-hydrogen) atoms. The topological polar surface area (TPSA) is 55.7 Å². The van der Waals surface area contributed by atoms with Gasteiger partial charge in [0, 0.05) is 5.38 Å². The predicted octanol–water partition coefficient (Wildman–Crippen LogP) is 2.72. The standard InChI is InChI=1S/C14H17N3OS/c1-9(2)13-8-19-14(15-13)7-12(18)6-11-5-4-10(3)16-17-11/h4-5,8-9H,6-7H2,1-3H3. The fourth-order valence-corrected chi connectivity index (χ4v) is 2.61. The third-order valence-electron chi connectivity index (χ3n) is 2.74. The number of aromatic nitrogens is 3. The molecule has 100 valence electrons. The molecule has 0 saturated heterocycles. The molecular formula is C14H17N3OS.